The van der Waals surface area contributed by atoms with Crippen LogP contribution in [0.5, 0.6) is 0 Å². The number of hydrogen-bond acceptors (Lipinski definition) is 2. The summed E-state index contributed by atoms with van der Waals surface area (Å²) in [5.74, 6) is -0.211. The number of aromatic nitrogens is 2. The van der Waals surface area contributed by atoms with E-state index in [1.54, 1.807) is 12.1 Å². The first-order valence-electron chi connectivity index (χ1n) is 6.21. The van der Waals surface area contributed by atoms with Gasteiger partial charge in [0.05, 0.1) is 22.4 Å². The molecule has 0 aliphatic carbocycles. The molecule has 0 fully saturated rings. The van der Waals surface area contributed by atoms with Crippen LogP contribution in [0.25, 0.3) is 0 Å². The van der Waals surface area contributed by atoms with Crippen molar-refractivity contribution in [3.8, 4) is 0 Å². The van der Waals surface area contributed by atoms with E-state index in [0.717, 1.165) is 34.6 Å². The molecular formula is C14H17BrFN3. The van der Waals surface area contributed by atoms with Crippen LogP contribution in [-0.4, -0.2) is 16.3 Å². The second-order valence-electron chi connectivity index (χ2n) is 4.46. The minimum Gasteiger partial charge on any atom is -0.366 e. The van der Waals surface area contributed by atoms with Crippen molar-refractivity contribution in [2.24, 2.45) is 7.05 Å². The highest BCUT2D eigenvalue weighted by molar-refractivity contribution is 9.10. The van der Waals surface area contributed by atoms with E-state index in [9.17, 15) is 4.39 Å². The van der Waals surface area contributed by atoms with Gasteiger partial charge in [0.15, 0.2) is 0 Å². The summed E-state index contributed by atoms with van der Waals surface area (Å²) in [6, 6.07) is 6.58. The molecule has 0 spiro atoms. The van der Waals surface area contributed by atoms with E-state index in [0.29, 0.717) is 0 Å². The lowest BCUT2D eigenvalue weighted by Crippen LogP contribution is -2.23. The monoisotopic (exact) mass is 325 g/mol. The molecule has 2 rings (SSSR count). The second-order valence-corrected chi connectivity index (χ2v) is 5.25. The molecule has 0 aliphatic heterocycles. The fourth-order valence-corrected chi connectivity index (χ4v) is 2.53. The van der Waals surface area contributed by atoms with Crippen molar-refractivity contribution in [2.45, 2.75) is 20.4 Å². The number of rotatable bonds is 4. The maximum absolute atomic E-state index is 13.0. The molecule has 19 heavy (non-hydrogen) atoms. The molecule has 0 amide bonds. The molecule has 0 atom stereocenters. The van der Waals surface area contributed by atoms with Crippen LogP contribution in [0, 0.1) is 12.7 Å². The molecule has 0 radical (unpaired) electrons. The first-order chi connectivity index (χ1) is 9.02. The molecule has 2 aromatic rings. The zero-order chi connectivity index (χ0) is 14.0. The van der Waals surface area contributed by atoms with Gasteiger partial charge in [0, 0.05) is 19.3 Å². The Morgan fingerprint density at radius 3 is 2.42 bits per heavy atom. The Morgan fingerprint density at radius 1 is 1.32 bits per heavy atom. The molecular weight excluding hydrogens is 309 g/mol. The topological polar surface area (TPSA) is 21.1 Å². The van der Waals surface area contributed by atoms with Crippen molar-refractivity contribution in [3.63, 3.8) is 0 Å². The summed E-state index contributed by atoms with van der Waals surface area (Å²) in [6.07, 6.45) is 0. The lowest BCUT2D eigenvalue weighted by molar-refractivity contribution is 0.627. The lowest BCUT2D eigenvalue weighted by Gasteiger charge is -2.23. The van der Waals surface area contributed by atoms with Gasteiger partial charge in [-0.3, -0.25) is 4.68 Å². The average molecular weight is 326 g/mol. The van der Waals surface area contributed by atoms with Gasteiger partial charge in [0.2, 0.25) is 0 Å². The molecule has 0 N–H and O–H groups in total. The SMILES string of the molecule is CCN(Cc1c(Br)c(C)nn1C)c1ccc(F)cc1. The third-order valence-corrected chi connectivity index (χ3v) is 4.21. The molecule has 1 aromatic carbocycles. The van der Waals surface area contributed by atoms with Crippen molar-refractivity contribution in [1.82, 2.24) is 9.78 Å². The van der Waals surface area contributed by atoms with E-state index >= 15 is 0 Å². The first-order valence-corrected chi connectivity index (χ1v) is 7.00. The van der Waals surface area contributed by atoms with Crippen molar-refractivity contribution in [2.75, 3.05) is 11.4 Å². The quantitative estimate of drug-likeness (QED) is 0.855. The Kier molecular flexibility index (Phi) is 4.24. The number of benzene rings is 1. The fraction of sp³-hybridized carbons (Fsp3) is 0.357. The highest BCUT2D eigenvalue weighted by atomic mass is 79.9. The molecule has 0 aliphatic rings. The smallest absolute Gasteiger partial charge is 0.123 e. The largest absolute Gasteiger partial charge is 0.366 e. The Bertz CT molecular complexity index is 563. The van der Waals surface area contributed by atoms with Crippen LogP contribution < -0.4 is 4.90 Å². The van der Waals surface area contributed by atoms with Crippen molar-refractivity contribution < 1.29 is 4.39 Å². The minimum atomic E-state index is -0.211. The summed E-state index contributed by atoms with van der Waals surface area (Å²) in [4.78, 5) is 2.18. The molecule has 0 saturated carbocycles. The van der Waals surface area contributed by atoms with Gasteiger partial charge < -0.3 is 4.90 Å². The van der Waals surface area contributed by atoms with Crippen LogP contribution in [0.1, 0.15) is 18.3 Å². The predicted molar refractivity (Wildman–Crippen MR) is 78.8 cm³/mol. The molecule has 0 bridgehead atoms. The van der Waals surface area contributed by atoms with Gasteiger partial charge in [-0.25, -0.2) is 4.39 Å². The van der Waals surface area contributed by atoms with Gasteiger partial charge in [0.1, 0.15) is 5.82 Å². The molecule has 3 nitrogen and oxygen atoms in total. The van der Waals surface area contributed by atoms with Gasteiger partial charge in [-0.1, -0.05) is 0 Å². The summed E-state index contributed by atoms with van der Waals surface area (Å²) in [5.41, 5.74) is 3.10. The van der Waals surface area contributed by atoms with Crippen LogP contribution in [0.3, 0.4) is 0 Å². The molecule has 0 unspecified atom stereocenters. The van der Waals surface area contributed by atoms with Crippen LogP contribution in [-0.2, 0) is 13.6 Å². The van der Waals surface area contributed by atoms with Gasteiger partial charge in [0.25, 0.3) is 0 Å². The van der Waals surface area contributed by atoms with E-state index in [-0.39, 0.29) is 5.82 Å². The van der Waals surface area contributed by atoms with Crippen LogP contribution in [0.15, 0.2) is 28.7 Å². The second kappa shape index (κ2) is 5.74. The summed E-state index contributed by atoms with van der Waals surface area (Å²) in [7, 11) is 1.94. The molecule has 1 heterocycles. The number of aryl methyl sites for hydroxylation is 2. The normalized spacial score (nSPS) is 10.8. The summed E-state index contributed by atoms with van der Waals surface area (Å²) in [6.45, 7) is 5.64. The van der Waals surface area contributed by atoms with Crippen molar-refractivity contribution >= 4 is 21.6 Å². The summed E-state index contributed by atoms with van der Waals surface area (Å²) >= 11 is 3.57. The Morgan fingerprint density at radius 2 is 1.95 bits per heavy atom. The first kappa shape index (κ1) is 14.1. The van der Waals surface area contributed by atoms with Crippen LogP contribution >= 0.6 is 15.9 Å². The fourth-order valence-electron chi connectivity index (χ4n) is 2.07. The average Bonchev–Trinajstić information content (AvgIpc) is 2.63. The van der Waals surface area contributed by atoms with E-state index < -0.39 is 0 Å². The third-order valence-electron chi connectivity index (χ3n) is 3.18. The Balaban J connectivity index is 2.26. The summed E-state index contributed by atoms with van der Waals surface area (Å²) in [5, 5.41) is 4.39. The molecule has 5 heteroatoms. The van der Waals surface area contributed by atoms with Crippen LogP contribution in [0.4, 0.5) is 10.1 Å². The Labute approximate surface area is 121 Å². The van der Waals surface area contributed by atoms with E-state index in [1.807, 2.05) is 18.7 Å². The highest BCUT2D eigenvalue weighted by Crippen LogP contribution is 2.24. The lowest BCUT2D eigenvalue weighted by atomic mass is 10.2. The zero-order valence-electron chi connectivity index (χ0n) is 11.3. The molecule has 102 valence electrons. The van der Waals surface area contributed by atoms with E-state index in [2.05, 4.69) is 32.9 Å². The number of anilines is 1. The van der Waals surface area contributed by atoms with Crippen LogP contribution in [0.2, 0.25) is 0 Å². The van der Waals surface area contributed by atoms with E-state index in [4.69, 9.17) is 0 Å². The maximum Gasteiger partial charge on any atom is 0.123 e. The van der Waals surface area contributed by atoms with Gasteiger partial charge in [-0.15, -0.1) is 0 Å². The third kappa shape index (κ3) is 2.97. The van der Waals surface area contributed by atoms with Crippen molar-refractivity contribution in [1.29, 1.82) is 0 Å². The van der Waals surface area contributed by atoms with Gasteiger partial charge in [-0.05, 0) is 54.0 Å². The predicted octanol–water partition coefficient (Wildman–Crippen LogP) is 3.66. The van der Waals surface area contributed by atoms with Gasteiger partial charge >= 0.3 is 0 Å². The molecule has 0 saturated heterocycles. The molecule has 1 aromatic heterocycles. The highest BCUT2D eigenvalue weighted by Gasteiger charge is 2.14. The maximum atomic E-state index is 13.0. The number of nitrogens with zero attached hydrogens (tertiary/aromatic N) is 3. The van der Waals surface area contributed by atoms with Gasteiger partial charge in [-0.2, -0.15) is 5.10 Å². The number of hydrogen-bond donors (Lipinski definition) is 0. The standard InChI is InChI=1S/C14H17BrFN3/c1-4-19(12-7-5-11(16)6-8-12)9-13-14(15)10(2)17-18(13)3/h5-8H,4,9H2,1-3H3. The minimum absolute atomic E-state index is 0.211. The zero-order valence-corrected chi connectivity index (χ0v) is 12.9. The Hall–Kier alpha value is -1.36. The van der Waals surface area contributed by atoms with E-state index in [1.165, 1.54) is 12.1 Å². The number of halogens is 2. The van der Waals surface area contributed by atoms with Crippen molar-refractivity contribution in [3.05, 3.63) is 45.9 Å². The summed E-state index contributed by atoms with van der Waals surface area (Å²) < 4.78 is 15.9.